The largest absolute Gasteiger partial charge is 0.380 e. The Morgan fingerprint density at radius 2 is 1.86 bits per heavy atom. The van der Waals surface area contributed by atoms with E-state index in [1.807, 2.05) is 0 Å². The molecule has 1 rings (SSSR count). The van der Waals surface area contributed by atoms with Crippen LogP contribution in [0.4, 0.5) is 0 Å². The number of ether oxygens (including phenoxy) is 1. The number of nitrogens with zero attached hydrogens (tertiary/aromatic N) is 1. The molecule has 0 aromatic rings. The molecule has 1 saturated heterocycles. The van der Waals surface area contributed by atoms with Crippen LogP contribution >= 0.6 is 0 Å². The number of rotatable bonds is 1. The smallest absolute Gasteiger partial charge is 0.0593 e. The number of hydrogen-bond donors (Lipinski definition) is 0. The Bertz CT molecular complexity index is 172. The zero-order valence-electron chi connectivity index (χ0n) is 10.3. The minimum atomic E-state index is 0.359. The fraction of sp³-hybridized carbons (Fsp3) is 1.00. The summed E-state index contributed by atoms with van der Waals surface area (Å²) >= 11 is 0. The second kappa shape index (κ2) is 4.63. The highest BCUT2D eigenvalue weighted by molar-refractivity contribution is 4.86. The van der Waals surface area contributed by atoms with E-state index in [1.165, 1.54) is 6.42 Å². The van der Waals surface area contributed by atoms with Crippen molar-refractivity contribution in [3.8, 4) is 0 Å². The molecule has 0 radical (unpaired) electrons. The molecular formula is C12H25NO. The van der Waals surface area contributed by atoms with Crippen LogP contribution in [0, 0.1) is 5.41 Å². The van der Waals surface area contributed by atoms with Crippen LogP contribution in [0.2, 0.25) is 0 Å². The van der Waals surface area contributed by atoms with Gasteiger partial charge in [-0.15, -0.1) is 0 Å². The Morgan fingerprint density at radius 1 is 1.21 bits per heavy atom. The lowest BCUT2D eigenvalue weighted by molar-refractivity contribution is 0.0758. The van der Waals surface area contributed by atoms with Crippen LogP contribution in [0.5, 0.6) is 0 Å². The molecule has 1 heterocycles. The quantitative estimate of drug-likeness (QED) is 0.643. The maximum absolute atomic E-state index is 5.56. The van der Waals surface area contributed by atoms with Crippen molar-refractivity contribution < 1.29 is 4.74 Å². The maximum Gasteiger partial charge on any atom is 0.0593 e. The van der Waals surface area contributed by atoms with Crippen LogP contribution in [0.15, 0.2) is 0 Å². The summed E-state index contributed by atoms with van der Waals surface area (Å²) in [4.78, 5) is 2.59. The molecule has 14 heavy (non-hydrogen) atoms. The minimum Gasteiger partial charge on any atom is -0.380 e. The third-order valence-electron chi connectivity index (χ3n) is 3.09. The molecule has 0 amide bonds. The lowest BCUT2D eigenvalue weighted by atomic mass is 9.83. The van der Waals surface area contributed by atoms with Gasteiger partial charge in [0.05, 0.1) is 6.61 Å². The summed E-state index contributed by atoms with van der Waals surface area (Å²) < 4.78 is 5.56. The summed E-state index contributed by atoms with van der Waals surface area (Å²) in [5, 5.41) is 0. The SMILES string of the molecule is CC(C)N1CCOCC[C@@H]1C(C)(C)C. The Labute approximate surface area is 88.6 Å². The van der Waals surface area contributed by atoms with Gasteiger partial charge in [-0.05, 0) is 25.7 Å². The molecule has 0 spiro atoms. The highest BCUT2D eigenvalue weighted by Crippen LogP contribution is 2.29. The van der Waals surface area contributed by atoms with Crippen molar-refractivity contribution in [2.45, 2.75) is 53.1 Å². The second-order valence-corrected chi connectivity index (χ2v) is 5.61. The molecule has 1 aliphatic rings. The Balaban J connectivity index is 2.74. The molecule has 0 N–H and O–H groups in total. The van der Waals surface area contributed by atoms with Gasteiger partial charge in [0.2, 0.25) is 0 Å². The van der Waals surface area contributed by atoms with E-state index in [0.29, 0.717) is 17.5 Å². The van der Waals surface area contributed by atoms with Crippen molar-refractivity contribution in [1.82, 2.24) is 4.90 Å². The van der Waals surface area contributed by atoms with E-state index in [-0.39, 0.29) is 0 Å². The molecule has 84 valence electrons. The zero-order valence-corrected chi connectivity index (χ0v) is 10.3. The summed E-state index contributed by atoms with van der Waals surface area (Å²) in [7, 11) is 0. The monoisotopic (exact) mass is 199 g/mol. The third kappa shape index (κ3) is 2.96. The Morgan fingerprint density at radius 3 is 2.36 bits per heavy atom. The molecule has 0 aromatic carbocycles. The number of hydrogen-bond acceptors (Lipinski definition) is 2. The predicted molar refractivity (Wildman–Crippen MR) is 60.5 cm³/mol. The van der Waals surface area contributed by atoms with Gasteiger partial charge in [-0.1, -0.05) is 20.8 Å². The van der Waals surface area contributed by atoms with Crippen LogP contribution in [0.25, 0.3) is 0 Å². The molecule has 2 heteroatoms. The topological polar surface area (TPSA) is 12.5 Å². The van der Waals surface area contributed by atoms with E-state index in [2.05, 4.69) is 39.5 Å². The molecule has 1 fully saturated rings. The van der Waals surface area contributed by atoms with E-state index in [0.717, 1.165) is 19.8 Å². The molecule has 1 atom stereocenters. The van der Waals surface area contributed by atoms with Gasteiger partial charge in [-0.3, -0.25) is 4.90 Å². The van der Waals surface area contributed by atoms with Gasteiger partial charge in [0, 0.05) is 25.2 Å². The first-order chi connectivity index (χ1) is 6.43. The van der Waals surface area contributed by atoms with Gasteiger partial charge in [0.25, 0.3) is 0 Å². The molecule has 1 aliphatic heterocycles. The van der Waals surface area contributed by atoms with E-state index in [1.54, 1.807) is 0 Å². The standard InChI is InChI=1S/C12H25NO/c1-10(2)13-7-9-14-8-6-11(13)12(3,4)5/h10-11H,6-9H2,1-5H3/t11-/m1/s1. The van der Waals surface area contributed by atoms with Crippen LogP contribution < -0.4 is 0 Å². The lowest BCUT2D eigenvalue weighted by Crippen LogP contribution is -2.47. The van der Waals surface area contributed by atoms with Gasteiger partial charge in [0.15, 0.2) is 0 Å². The molecular weight excluding hydrogens is 174 g/mol. The highest BCUT2D eigenvalue weighted by atomic mass is 16.5. The molecule has 0 unspecified atom stereocenters. The van der Waals surface area contributed by atoms with Crippen molar-refractivity contribution in [1.29, 1.82) is 0 Å². The van der Waals surface area contributed by atoms with E-state index >= 15 is 0 Å². The van der Waals surface area contributed by atoms with Crippen LogP contribution in [-0.4, -0.2) is 36.7 Å². The van der Waals surface area contributed by atoms with Gasteiger partial charge in [-0.25, -0.2) is 0 Å². The van der Waals surface area contributed by atoms with Crippen LogP contribution in [-0.2, 0) is 4.74 Å². The Hall–Kier alpha value is -0.0800. The van der Waals surface area contributed by atoms with Gasteiger partial charge >= 0.3 is 0 Å². The summed E-state index contributed by atoms with van der Waals surface area (Å²) in [6.45, 7) is 14.5. The zero-order chi connectivity index (χ0) is 10.8. The maximum atomic E-state index is 5.56. The molecule has 0 aromatic heterocycles. The first kappa shape index (κ1) is 12.0. The van der Waals surface area contributed by atoms with Gasteiger partial charge < -0.3 is 4.74 Å². The average Bonchev–Trinajstić information content (AvgIpc) is 2.26. The molecule has 2 nitrogen and oxygen atoms in total. The average molecular weight is 199 g/mol. The van der Waals surface area contributed by atoms with E-state index < -0.39 is 0 Å². The van der Waals surface area contributed by atoms with E-state index in [9.17, 15) is 0 Å². The Kier molecular flexibility index (Phi) is 3.96. The fourth-order valence-corrected chi connectivity index (χ4v) is 2.34. The molecule has 0 aliphatic carbocycles. The first-order valence-corrected chi connectivity index (χ1v) is 5.76. The summed E-state index contributed by atoms with van der Waals surface area (Å²) in [6.07, 6.45) is 1.17. The van der Waals surface area contributed by atoms with Crippen molar-refractivity contribution in [3.05, 3.63) is 0 Å². The highest BCUT2D eigenvalue weighted by Gasteiger charge is 2.32. The normalized spacial score (nSPS) is 26.6. The van der Waals surface area contributed by atoms with Gasteiger partial charge in [0.1, 0.15) is 0 Å². The second-order valence-electron chi connectivity index (χ2n) is 5.61. The summed E-state index contributed by atoms with van der Waals surface area (Å²) in [5.74, 6) is 0. The third-order valence-corrected chi connectivity index (χ3v) is 3.09. The van der Waals surface area contributed by atoms with Gasteiger partial charge in [-0.2, -0.15) is 0 Å². The predicted octanol–water partition coefficient (Wildman–Crippen LogP) is 2.53. The molecule has 0 saturated carbocycles. The fourth-order valence-electron chi connectivity index (χ4n) is 2.34. The summed E-state index contributed by atoms with van der Waals surface area (Å²) in [6, 6.07) is 1.28. The molecule has 0 bridgehead atoms. The van der Waals surface area contributed by atoms with Crippen LogP contribution in [0.3, 0.4) is 0 Å². The van der Waals surface area contributed by atoms with Crippen molar-refractivity contribution in [2.75, 3.05) is 19.8 Å². The lowest BCUT2D eigenvalue weighted by Gasteiger charge is -2.41. The van der Waals surface area contributed by atoms with Crippen molar-refractivity contribution >= 4 is 0 Å². The van der Waals surface area contributed by atoms with Crippen molar-refractivity contribution in [2.24, 2.45) is 5.41 Å². The van der Waals surface area contributed by atoms with Crippen molar-refractivity contribution in [3.63, 3.8) is 0 Å². The first-order valence-electron chi connectivity index (χ1n) is 5.76. The summed E-state index contributed by atoms with van der Waals surface area (Å²) in [5.41, 5.74) is 0.359. The minimum absolute atomic E-state index is 0.359. The van der Waals surface area contributed by atoms with E-state index in [4.69, 9.17) is 4.74 Å². The van der Waals surface area contributed by atoms with Crippen LogP contribution in [0.1, 0.15) is 41.0 Å².